The molecule has 0 aromatic carbocycles. The van der Waals surface area contributed by atoms with Gasteiger partial charge in [0.15, 0.2) is 5.78 Å². The van der Waals surface area contributed by atoms with E-state index in [0.29, 0.717) is 29.6 Å². The Morgan fingerprint density at radius 3 is 2.51 bits per heavy atom. The van der Waals surface area contributed by atoms with Crippen LogP contribution in [0.15, 0.2) is 23.3 Å². The summed E-state index contributed by atoms with van der Waals surface area (Å²) >= 11 is 0. The number of pyridine rings is 1. The quantitative estimate of drug-likeness (QED) is 0.615. The fraction of sp³-hybridized carbons (Fsp3) is 0.714. The summed E-state index contributed by atoms with van der Waals surface area (Å²) in [6.07, 6.45) is 10.6. The van der Waals surface area contributed by atoms with E-state index in [1.54, 1.807) is 0 Å². The van der Waals surface area contributed by atoms with Gasteiger partial charge in [0, 0.05) is 18.1 Å². The number of hydrogen-bond acceptors (Lipinski definition) is 5. The zero-order valence-electron chi connectivity index (χ0n) is 21.6. The molecule has 0 bridgehead atoms. The second-order valence-electron chi connectivity index (χ2n) is 12.7. The number of aromatic nitrogens is 4. The van der Waals surface area contributed by atoms with Crippen molar-refractivity contribution in [3.63, 3.8) is 0 Å². The Hall–Kier alpha value is -2.42. The second kappa shape index (κ2) is 8.82. The molecule has 9 heteroatoms. The van der Waals surface area contributed by atoms with Crippen molar-refractivity contribution in [1.82, 2.24) is 19.3 Å². The SMILES string of the molecule is C[C@@]1(O)CC[C@H]2[C@H](CC[C@@H]3[C@@H]2CC[C@]2(C)[C@@H](C(=O)Cn4cnn(-c5cc(F)nc(F)c5)c4=O)CC[C@@H]32)C1. The number of hydrogen-bond donors (Lipinski definition) is 1. The van der Waals surface area contributed by atoms with Crippen LogP contribution in [0.1, 0.15) is 71.6 Å². The Morgan fingerprint density at radius 1 is 1.03 bits per heavy atom. The highest BCUT2D eigenvalue weighted by molar-refractivity contribution is 5.82. The van der Waals surface area contributed by atoms with Crippen molar-refractivity contribution in [3.8, 4) is 5.69 Å². The van der Waals surface area contributed by atoms with Crippen LogP contribution in [0.3, 0.4) is 0 Å². The normalized spacial score (nSPS) is 39.1. The summed E-state index contributed by atoms with van der Waals surface area (Å²) in [5.74, 6) is 1.04. The summed E-state index contributed by atoms with van der Waals surface area (Å²) in [4.78, 5) is 29.5. The van der Waals surface area contributed by atoms with Crippen LogP contribution in [-0.2, 0) is 11.3 Å². The van der Waals surface area contributed by atoms with Crippen LogP contribution in [0.4, 0.5) is 8.78 Å². The molecule has 0 saturated heterocycles. The molecule has 4 aliphatic carbocycles. The molecule has 0 amide bonds. The molecular formula is C28H36F2N4O3. The molecule has 6 rings (SSSR count). The van der Waals surface area contributed by atoms with Crippen molar-refractivity contribution in [2.75, 3.05) is 0 Å². The van der Waals surface area contributed by atoms with Crippen LogP contribution in [0.5, 0.6) is 0 Å². The summed E-state index contributed by atoms with van der Waals surface area (Å²) < 4.78 is 29.2. The van der Waals surface area contributed by atoms with Crippen LogP contribution in [0.25, 0.3) is 5.69 Å². The van der Waals surface area contributed by atoms with Gasteiger partial charge in [-0.1, -0.05) is 6.92 Å². The number of rotatable bonds is 4. The molecule has 37 heavy (non-hydrogen) atoms. The Balaban J connectivity index is 1.18. The smallest absolute Gasteiger partial charge is 0.350 e. The molecule has 2 aromatic heterocycles. The van der Waals surface area contributed by atoms with Gasteiger partial charge in [-0.15, -0.1) is 0 Å². The molecule has 0 unspecified atom stereocenters. The van der Waals surface area contributed by atoms with E-state index < -0.39 is 23.2 Å². The largest absolute Gasteiger partial charge is 0.390 e. The maximum Gasteiger partial charge on any atom is 0.350 e. The van der Waals surface area contributed by atoms with Gasteiger partial charge in [-0.2, -0.15) is 23.5 Å². The van der Waals surface area contributed by atoms with Gasteiger partial charge < -0.3 is 5.11 Å². The number of fused-ring (bicyclic) bond motifs is 5. The summed E-state index contributed by atoms with van der Waals surface area (Å²) in [7, 11) is 0. The first-order valence-corrected chi connectivity index (χ1v) is 13.8. The lowest BCUT2D eigenvalue weighted by Gasteiger charge is -2.56. The van der Waals surface area contributed by atoms with Crippen molar-refractivity contribution < 1.29 is 18.7 Å². The molecule has 2 aromatic rings. The number of nitrogens with zero attached hydrogens (tertiary/aromatic N) is 4. The predicted octanol–water partition coefficient (Wildman–Crippen LogP) is 4.30. The van der Waals surface area contributed by atoms with Crippen molar-refractivity contribution in [2.24, 2.45) is 40.9 Å². The number of carbonyl (C=O) groups is 1. The number of aliphatic hydroxyl groups is 1. The Kier molecular flexibility index (Phi) is 5.93. The predicted molar refractivity (Wildman–Crippen MR) is 132 cm³/mol. The van der Waals surface area contributed by atoms with Crippen molar-refractivity contribution in [3.05, 3.63) is 40.8 Å². The van der Waals surface area contributed by atoms with E-state index in [-0.39, 0.29) is 29.3 Å². The molecule has 4 saturated carbocycles. The number of Topliss-reactive ketones (excluding diaryl/α,β-unsaturated/α-hetero) is 1. The third-order valence-electron chi connectivity index (χ3n) is 10.7. The van der Waals surface area contributed by atoms with E-state index in [4.69, 9.17) is 0 Å². The van der Waals surface area contributed by atoms with Crippen LogP contribution in [0, 0.1) is 52.8 Å². The maximum absolute atomic E-state index is 13.6. The average Bonchev–Trinajstić information content (AvgIpc) is 3.37. The monoisotopic (exact) mass is 514 g/mol. The lowest BCUT2D eigenvalue weighted by Crippen LogP contribution is -2.51. The van der Waals surface area contributed by atoms with Gasteiger partial charge >= 0.3 is 5.69 Å². The topological polar surface area (TPSA) is 90.0 Å². The van der Waals surface area contributed by atoms with Crippen LogP contribution in [0.2, 0.25) is 0 Å². The third kappa shape index (κ3) is 4.17. The number of carbonyl (C=O) groups excluding carboxylic acids is 1. The van der Waals surface area contributed by atoms with E-state index >= 15 is 0 Å². The molecule has 4 fully saturated rings. The molecule has 4 aliphatic rings. The standard InChI is InChI=1S/C28H36F2N4O3/c1-27(37)9-7-18-16(13-27)3-4-20-19(18)8-10-28(2)21(20)5-6-22(28)23(35)14-33-15-31-34(26(33)36)17-11-24(29)32-25(30)12-17/h11-12,15-16,18-22,37H,3-10,13-14H2,1-2H3/t16-,18+,19-,20-,21+,22-,27-,28+/m1/s1. The lowest BCUT2D eigenvalue weighted by atomic mass is 9.49. The summed E-state index contributed by atoms with van der Waals surface area (Å²) in [6, 6.07) is 1.87. The fourth-order valence-corrected chi connectivity index (χ4v) is 9.08. The lowest BCUT2D eigenvalue weighted by molar-refractivity contribution is -0.133. The number of halogens is 2. The van der Waals surface area contributed by atoms with Crippen molar-refractivity contribution in [2.45, 2.75) is 83.8 Å². The zero-order chi connectivity index (χ0) is 26.1. The van der Waals surface area contributed by atoms with Crippen molar-refractivity contribution in [1.29, 1.82) is 0 Å². The average molecular weight is 515 g/mol. The Bertz CT molecular complexity index is 1250. The fourth-order valence-electron chi connectivity index (χ4n) is 9.08. The van der Waals surface area contributed by atoms with Gasteiger partial charge in [-0.3, -0.25) is 9.36 Å². The molecule has 0 spiro atoms. The van der Waals surface area contributed by atoms with Crippen LogP contribution < -0.4 is 5.69 Å². The summed E-state index contributed by atoms with van der Waals surface area (Å²) in [6.45, 7) is 4.19. The first-order valence-electron chi connectivity index (χ1n) is 13.8. The van der Waals surface area contributed by atoms with Crippen LogP contribution in [-0.4, -0.2) is 35.8 Å². The zero-order valence-corrected chi connectivity index (χ0v) is 21.6. The highest BCUT2D eigenvalue weighted by atomic mass is 19.1. The van der Waals surface area contributed by atoms with Gasteiger partial charge in [0.25, 0.3) is 0 Å². The summed E-state index contributed by atoms with van der Waals surface area (Å²) in [5.41, 5.74) is -1.25. The minimum Gasteiger partial charge on any atom is -0.390 e. The van der Waals surface area contributed by atoms with E-state index in [1.807, 2.05) is 6.92 Å². The van der Waals surface area contributed by atoms with Gasteiger partial charge in [-0.05, 0) is 99.7 Å². The van der Waals surface area contributed by atoms with Crippen molar-refractivity contribution >= 4 is 5.78 Å². The molecule has 1 N–H and O–H groups in total. The second-order valence-corrected chi connectivity index (χ2v) is 12.7. The number of ketones is 1. The van der Waals surface area contributed by atoms with E-state index in [2.05, 4.69) is 17.0 Å². The van der Waals surface area contributed by atoms with Gasteiger partial charge in [0.1, 0.15) is 6.33 Å². The molecule has 2 heterocycles. The Morgan fingerprint density at radius 2 is 1.76 bits per heavy atom. The van der Waals surface area contributed by atoms with Gasteiger partial charge in [0.2, 0.25) is 11.9 Å². The molecule has 200 valence electrons. The third-order valence-corrected chi connectivity index (χ3v) is 10.7. The highest BCUT2D eigenvalue weighted by Gasteiger charge is 2.58. The Labute approximate surface area is 215 Å². The summed E-state index contributed by atoms with van der Waals surface area (Å²) in [5, 5.41) is 14.6. The molecule has 0 radical (unpaired) electrons. The molecular weight excluding hydrogens is 478 g/mol. The maximum atomic E-state index is 13.6. The molecule has 0 aliphatic heterocycles. The van der Waals surface area contributed by atoms with E-state index in [1.165, 1.54) is 23.7 Å². The minimum absolute atomic E-state index is 0.0413. The van der Waals surface area contributed by atoms with E-state index in [0.717, 1.165) is 61.8 Å². The van der Waals surface area contributed by atoms with Crippen LogP contribution >= 0.6 is 0 Å². The first-order chi connectivity index (χ1) is 17.6. The molecule has 8 atom stereocenters. The highest BCUT2D eigenvalue weighted by Crippen LogP contribution is 2.64. The van der Waals surface area contributed by atoms with E-state index in [9.17, 15) is 23.5 Å². The van der Waals surface area contributed by atoms with Gasteiger partial charge in [-0.25, -0.2) is 4.79 Å². The minimum atomic E-state index is -1.04. The van der Waals surface area contributed by atoms with Gasteiger partial charge in [0.05, 0.1) is 17.8 Å². The molecule has 7 nitrogen and oxygen atoms in total. The first kappa shape index (κ1) is 24.9.